The molecule has 0 heteroatoms. The minimum Gasteiger partial charge on any atom is -0.0622 e. The van der Waals surface area contributed by atoms with Gasteiger partial charge in [-0.1, -0.05) is 115 Å². The SMILES string of the molecule is Cc1ccc2ccccc2c1-c1ccc(-c2ccc(-c3ccccc3)cc2)cc1. The van der Waals surface area contributed by atoms with E-state index in [9.17, 15) is 0 Å². The van der Waals surface area contributed by atoms with Crippen LogP contribution in [0, 0.1) is 6.92 Å². The molecule has 0 aliphatic rings. The van der Waals surface area contributed by atoms with Crippen LogP contribution in [0.3, 0.4) is 0 Å². The number of rotatable bonds is 3. The van der Waals surface area contributed by atoms with Crippen molar-refractivity contribution in [3.05, 3.63) is 121 Å². The number of hydrogen-bond donors (Lipinski definition) is 0. The van der Waals surface area contributed by atoms with E-state index in [1.807, 2.05) is 0 Å². The van der Waals surface area contributed by atoms with Gasteiger partial charge in [0.05, 0.1) is 0 Å². The molecule has 0 saturated heterocycles. The summed E-state index contributed by atoms with van der Waals surface area (Å²) < 4.78 is 0. The number of benzene rings is 5. The van der Waals surface area contributed by atoms with Crippen LogP contribution in [0.25, 0.3) is 44.2 Å². The van der Waals surface area contributed by atoms with Crippen molar-refractivity contribution in [1.29, 1.82) is 0 Å². The van der Waals surface area contributed by atoms with Crippen molar-refractivity contribution >= 4 is 10.8 Å². The molecule has 0 nitrogen and oxygen atoms in total. The quantitative estimate of drug-likeness (QED) is 0.300. The second kappa shape index (κ2) is 7.41. The summed E-state index contributed by atoms with van der Waals surface area (Å²) in [6.07, 6.45) is 0. The molecule has 5 aromatic rings. The van der Waals surface area contributed by atoms with Crippen molar-refractivity contribution in [2.75, 3.05) is 0 Å². The second-order valence-electron chi connectivity index (χ2n) is 7.50. The van der Waals surface area contributed by atoms with Crippen molar-refractivity contribution in [2.45, 2.75) is 6.92 Å². The normalized spacial score (nSPS) is 10.9. The zero-order valence-electron chi connectivity index (χ0n) is 16.5. The predicted octanol–water partition coefficient (Wildman–Crippen LogP) is 8.15. The standard InChI is InChI=1S/C29H22/c1-21-11-12-26-9-5-6-10-28(26)29(21)27-19-17-25(18-20-27)24-15-13-23(14-16-24)22-7-3-2-4-8-22/h2-20H,1H3. The Morgan fingerprint density at radius 2 is 0.862 bits per heavy atom. The van der Waals surface area contributed by atoms with E-state index in [0.717, 1.165) is 0 Å². The summed E-state index contributed by atoms with van der Waals surface area (Å²) in [5.41, 5.74) is 8.89. The van der Waals surface area contributed by atoms with Crippen LogP contribution in [0.4, 0.5) is 0 Å². The molecule has 0 amide bonds. The molecule has 138 valence electrons. The Labute approximate surface area is 172 Å². The molecule has 0 aliphatic heterocycles. The molecular formula is C29H22. The Morgan fingerprint density at radius 1 is 0.379 bits per heavy atom. The van der Waals surface area contributed by atoms with Gasteiger partial charge in [-0.05, 0) is 56.6 Å². The molecule has 0 N–H and O–H groups in total. The van der Waals surface area contributed by atoms with E-state index < -0.39 is 0 Å². The summed E-state index contributed by atoms with van der Waals surface area (Å²) >= 11 is 0. The molecule has 0 spiro atoms. The average molecular weight is 370 g/mol. The van der Waals surface area contributed by atoms with Gasteiger partial charge in [-0.2, -0.15) is 0 Å². The van der Waals surface area contributed by atoms with E-state index in [2.05, 4.69) is 122 Å². The van der Waals surface area contributed by atoms with Crippen molar-refractivity contribution < 1.29 is 0 Å². The first-order valence-corrected chi connectivity index (χ1v) is 10.0. The van der Waals surface area contributed by atoms with Crippen molar-refractivity contribution in [3.63, 3.8) is 0 Å². The molecule has 0 fully saturated rings. The second-order valence-corrected chi connectivity index (χ2v) is 7.50. The molecule has 0 aliphatic carbocycles. The molecule has 0 radical (unpaired) electrons. The Kier molecular flexibility index (Phi) is 4.46. The predicted molar refractivity (Wildman–Crippen MR) is 125 cm³/mol. The van der Waals surface area contributed by atoms with Crippen molar-refractivity contribution in [3.8, 4) is 33.4 Å². The van der Waals surface area contributed by atoms with Gasteiger partial charge in [-0.3, -0.25) is 0 Å². The molecule has 0 unspecified atom stereocenters. The Balaban J connectivity index is 1.49. The monoisotopic (exact) mass is 370 g/mol. The molecular weight excluding hydrogens is 348 g/mol. The first-order valence-electron chi connectivity index (χ1n) is 10.0. The van der Waals surface area contributed by atoms with Crippen LogP contribution in [0.5, 0.6) is 0 Å². The van der Waals surface area contributed by atoms with Gasteiger partial charge in [0, 0.05) is 0 Å². The third-order valence-corrected chi connectivity index (χ3v) is 5.64. The van der Waals surface area contributed by atoms with Crippen molar-refractivity contribution in [2.24, 2.45) is 0 Å². The van der Waals surface area contributed by atoms with E-state index in [0.29, 0.717) is 0 Å². The highest BCUT2D eigenvalue weighted by atomic mass is 14.1. The van der Waals surface area contributed by atoms with Gasteiger partial charge in [0.1, 0.15) is 0 Å². The first kappa shape index (κ1) is 17.5. The average Bonchev–Trinajstić information content (AvgIpc) is 2.80. The molecule has 0 aromatic heterocycles. The van der Waals surface area contributed by atoms with E-state index in [4.69, 9.17) is 0 Å². The van der Waals surface area contributed by atoms with Gasteiger partial charge in [0.15, 0.2) is 0 Å². The summed E-state index contributed by atoms with van der Waals surface area (Å²) in [7, 11) is 0. The largest absolute Gasteiger partial charge is 0.0622 e. The topological polar surface area (TPSA) is 0 Å². The summed E-state index contributed by atoms with van der Waals surface area (Å²) in [5, 5.41) is 2.60. The van der Waals surface area contributed by atoms with Gasteiger partial charge >= 0.3 is 0 Å². The van der Waals surface area contributed by atoms with Gasteiger partial charge in [0.25, 0.3) is 0 Å². The molecule has 5 aromatic carbocycles. The summed E-state index contributed by atoms with van der Waals surface area (Å²) in [5.74, 6) is 0. The summed E-state index contributed by atoms with van der Waals surface area (Å²) in [4.78, 5) is 0. The Hall–Kier alpha value is -3.64. The highest BCUT2D eigenvalue weighted by molar-refractivity contribution is 5.98. The summed E-state index contributed by atoms with van der Waals surface area (Å²) in [6.45, 7) is 2.19. The fourth-order valence-corrected chi connectivity index (χ4v) is 4.08. The number of fused-ring (bicyclic) bond motifs is 1. The molecule has 0 heterocycles. The minimum absolute atomic E-state index is 1.24. The fourth-order valence-electron chi connectivity index (χ4n) is 4.08. The van der Waals surface area contributed by atoms with Crippen LogP contribution in [-0.2, 0) is 0 Å². The van der Waals surface area contributed by atoms with Gasteiger partial charge in [-0.25, -0.2) is 0 Å². The van der Waals surface area contributed by atoms with Gasteiger partial charge in [0.2, 0.25) is 0 Å². The Morgan fingerprint density at radius 3 is 1.48 bits per heavy atom. The maximum atomic E-state index is 2.25. The maximum absolute atomic E-state index is 2.25. The van der Waals surface area contributed by atoms with Crippen LogP contribution in [0.15, 0.2) is 115 Å². The van der Waals surface area contributed by atoms with Crippen LogP contribution < -0.4 is 0 Å². The van der Waals surface area contributed by atoms with Crippen LogP contribution in [-0.4, -0.2) is 0 Å². The third kappa shape index (κ3) is 3.34. The lowest BCUT2D eigenvalue weighted by Crippen LogP contribution is -1.87. The highest BCUT2D eigenvalue weighted by Crippen LogP contribution is 2.33. The molecule has 0 saturated carbocycles. The fraction of sp³-hybridized carbons (Fsp3) is 0.0345. The maximum Gasteiger partial charge on any atom is -0.00761 e. The molecule has 0 atom stereocenters. The zero-order valence-corrected chi connectivity index (χ0v) is 16.5. The minimum atomic E-state index is 1.24. The van der Waals surface area contributed by atoms with E-state index in [-0.39, 0.29) is 0 Å². The van der Waals surface area contributed by atoms with Gasteiger partial charge < -0.3 is 0 Å². The third-order valence-electron chi connectivity index (χ3n) is 5.64. The summed E-state index contributed by atoms with van der Waals surface area (Å²) in [6, 6.07) is 41.3. The Bertz CT molecular complexity index is 1260. The van der Waals surface area contributed by atoms with E-state index in [1.54, 1.807) is 0 Å². The van der Waals surface area contributed by atoms with Crippen molar-refractivity contribution in [1.82, 2.24) is 0 Å². The zero-order chi connectivity index (χ0) is 19.6. The van der Waals surface area contributed by atoms with E-state index >= 15 is 0 Å². The highest BCUT2D eigenvalue weighted by Gasteiger charge is 2.08. The lowest BCUT2D eigenvalue weighted by molar-refractivity contribution is 1.48. The smallest absolute Gasteiger partial charge is 0.00761 e. The lowest BCUT2D eigenvalue weighted by atomic mass is 9.92. The van der Waals surface area contributed by atoms with Crippen LogP contribution >= 0.6 is 0 Å². The molecule has 5 rings (SSSR count). The van der Waals surface area contributed by atoms with Gasteiger partial charge in [-0.15, -0.1) is 0 Å². The van der Waals surface area contributed by atoms with Crippen LogP contribution in [0.2, 0.25) is 0 Å². The molecule has 29 heavy (non-hydrogen) atoms. The van der Waals surface area contributed by atoms with Crippen LogP contribution in [0.1, 0.15) is 5.56 Å². The first-order chi connectivity index (χ1) is 14.3. The number of aryl methyl sites for hydroxylation is 1. The molecule has 0 bridgehead atoms. The number of hydrogen-bond acceptors (Lipinski definition) is 0. The lowest BCUT2D eigenvalue weighted by Gasteiger charge is -2.12. The van der Waals surface area contributed by atoms with E-state index in [1.165, 1.54) is 49.7 Å².